The molecule has 5 heteroatoms. The maximum absolute atomic E-state index is 12.4. The molecule has 15 heavy (non-hydrogen) atoms. The lowest BCUT2D eigenvalue weighted by molar-refractivity contribution is -0.137. The number of aliphatic hydroxyl groups excluding tert-OH is 1. The first-order chi connectivity index (χ1) is 6.98. The summed E-state index contributed by atoms with van der Waals surface area (Å²) in [5.74, 6) is 0. The molecule has 0 saturated carbocycles. The van der Waals surface area contributed by atoms with E-state index in [2.05, 4.69) is 5.32 Å². The van der Waals surface area contributed by atoms with Crippen LogP contribution < -0.4 is 5.32 Å². The van der Waals surface area contributed by atoms with Crippen molar-refractivity contribution in [3.63, 3.8) is 0 Å². The second-order valence-corrected chi connectivity index (χ2v) is 3.56. The third-order valence-corrected chi connectivity index (χ3v) is 2.48. The van der Waals surface area contributed by atoms with Crippen LogP contribution in [0.25, 0.3) is 0 Å². The summed E-state index contributed by atoms with van der Waals surface area (Å²) in [6.45, 7) is 0.759. The Morgan fingerprint density at radius 1 is 1.33 bits per heavy atom. The van der Waals surface area contributed by atoms with Gasteiger partial charge < -0.3 is 10.4 Å². The highest BCUT2D eigenvalue weighted by Gasteiger charge is 2.31. The number of benzene rings is 1. The fourth-order valence-electron chi connectivity index (χ4n) is 1.71. The van der Waals surface area contributed by atoms with Gasteiger partial charge in [-0.2, -0.15) is 13.2 Å². The molecule has 1 heterocycles. The molecule has 1 aliphatic heterocycles. The van der Waals surface area contributed by atoms with Crippen molar-refractivity contribution in [2.24, 2.45) is 0 Å². The topological polar surface area (TPSA) is 32.3 Å². The van der Waals surface area contributed by atoms with Gasteiger partial charge in [-0.1, -0.05) is 6.07 Å². The highest BCUT2D eigenvalue weighted by Crippen LogP contribution is 2.32. The predicted molar refractivity (Wildman–Crippen MR) is 48.1 cm³/mol. The first kappa shape index (κ1) is 10.4. The Bertz CT molecular complexity index is 375. The van der Waals surface area contributed by atoms with Crippen molar-refractivity contribution in [3.8, 4) is 0 Å². The smallest absolute Gasteiger partial charge is 0.387 e. The van der Waals surface area contributed by atoms with Crippen molar-refractivity contribution in [1.82, 2.24) is 5.32 Å². The number of nitrogens with one attached hydrogen (secondary N) is 1. The Hall–Kier alpha value is -1.07. The van der Waals surface area contributed by atoms with Gasteiger partial charge in [0.15, 0.2) is 0 Å². The van der Waals surface area contributed by atoms with Gasteiger partial charge in [0.25, 0.3) is 0 Å². The Morgan fingerprint density at radius 2 is 2.07 bits per heavy atom. The predicted octanol–water partition coefficient (Wildman–Crippen LogP) is 1.84. The molecule has 1 aromatic carbocycles. The molecule has 0 fully saturated rings. The summed E-state index contributed by atoms with van der Waals surface area (Å²) in [6, 6.07) is 3.45. The molecule has 0 unspecified atom stereocenters. The highest BCUT2D eigenvalue weighted by atomic mass is 19.4. The maximum atomic E-state index is 12.4. The van der Waals surface area contributed by atoms with Crippen LogP contribution in [0.15, 0.2) is 18.2 Å². The molecule has 0 radical (unpaired) electrons. The van der Waals surface area contributed by atoms with Crippen molar-refractivity contribution < 1.29 is 18.3 Å². The number of aliphatic hydroxyl groups is 1. The lowest BCUT2D eigenvalue weighted by Crippen LogP contribution is -2.28. The number of halogens is 3. The lowest BCUT2D eigenvalue weighted by Gasteiger charge is -2.23. The van der Waals surface area contributed by atoms with Crippen molar-refractivity contribution >= 4 is 0 Å². The van der Waals surface area contributed by atoms with Crippen LogP contribution in [0.4, 0.5) is 13.2 Å². The summed E-state index contributed by atoms with van der Waals surface area (Å²) in [6.07, 6.45) is -5.03. The van der Waals surface area contributed by atoms with Crippen LogP contribution in [-0.4, -0.2) is 11.7 Å². The summed E-state index contributed by atoms with van der Waals surface area (Å²) in [7, 11) is 0. The van der Waals surface area contributed by atoms with E-state index < -0.39 is 17.8 Å². The average molecular weight is 217 g/mol. The quantitative estimate of drug-likeness (QED) is 0.695. The fraction of sp³-hybridized carbons (Fsp3) is 0.400. The van der Waals surface area contributed by atoms with Crippen molar-refractivity contribution in [1.29, 1.82) is 0 Å². The molecule has 0 saturated heterocycles. The van der Waals surface area contributed by atoms with Gasteiger partial charge in [-0.05, 0) is 23.3 Å². The van der Waals surface area contributed by atoms with E-state index >= 15 is 0 Å². The van der Waals surface area contributed by atoms with Gasteiger partial charge in [-0.3, -0.25) is 0 Å². The van der Waals surface area contributed by atoms with Crippen molar-refractivity contribution in [3.05, 3.63) is 34.9 Å². The normalized spacial score (nSPS) is 21.2. The molecule has 0 bridgehead atoms. The number of β-amino-alcohol motifs (C(OH)–C–C–N with tert-alkyl or cyclic N) is 1. The van der Waals surface area contributed by atoms with E-state index in [0.29, 0.717) is 24.2 Å². The molecule has 0 spiro atoms. The molecular formula is C10H10F3NO. The Balaban J connectivity index is 2.42. The van der Waals surface area contributed by atoms with Gasteiger partial charge in [-0.15, -0.1) is 0 Å². The zero-order valence-corrected chi connectivity index (χ0v) is 7.80. The Labute approximate surface area is 84.7 Å². The molecule has 0 aromatic heterocycles. The summed E-state index contributed by atoms with van der Waals surface area (Å²) in [5.41, 5.74) is 0.433. The van der Waals surface area contributed by atoms with E-state index in [4.69, 9.17) is 0 Å². The van der Waals surface area contributed by atoms with Crippen LogP contribution in [0.2, 0.25) is 0 Å². The molecule has 0 amide bonds. The minimum atomic E-state index is -4.32. The molecule has 1 aliphatic rings. The maximum Gasteiger partial charge on any atom is 0.416 e. The molecule has 82 valence electrons. The average Bonchev–Trinajstić information content (AvgIpc) is 2.16. The second kappa shape index (κ2) is 3.50. The number of rotatable bonds is 0. The minimum Gasteiger partial charge on any atom is -0.387 e. The summed E-state index contributed by atoms with van der Waals surface area (Å²) < 4.78 is 37.1. The molecule has 2 N–H and O–H groups in total. The van der Waals surface area contributed by atoms with Crippen LogP contribution in [0.3, 0.4) is 0 Å². The first-order valence-corrected chi connectivity index (χ1v) is 4.57. The van der Waals surface area contributed by atoms with Gasteiger partial charge in [0.1, 0.15) is 0 Å². The van der Waals surface area contributed by atoms with Crippen LogP contribution in [0.5, 0.6) is 0 Å². The number of alkyl halides is 3. The first-order valence-electron chi connectivity index (χ1n) is 4.57. The summed E-state index contributed by atoms with van der Waals surface area (Å²) >= 11 is 0. The van der Waals surface area contributed by atoms with Gasteiger partial charge in [0.05, 0.1) is 11.7 Å². The molecule has 0 aliphatic carbocycles. The van der Waals surface area contributed by atoms with Gasteiger partial charge in [-0.25, -0.2) is 0 Å². The van der Waals surface area contributed by atoms with Gasteiger partial charge >= 0.3 is 6.18 Å². The third-order valence-electron chi connectivity index (χ3n) is 2.48. The minimum absolute atomic E-state index is 0.371. The van der Waals surface area contributed by atoms with Crippen LogP contribution in [0.1, 0.15) is 22.8 Å². The highest BCUT2D eigenvalue weighted by molar-refractivity contribution is 5.36. The molecule has 1 aromatic rings. The van der Waals surface area contributed by atoms with E-state index in [1.807, 2.05) is 0 Å². The number of hydrogen-bond donors (Lipinski definition) is 2. The van der Waals surface area contributed by atoms with Crippen LogP contribution >= 0.6 is 0 Å². The van der Waals surface area contributed by atoms with E-state index in [1.54, 1.807) is 0 Å². The molecule has 2 nitrogen and oxygen atoms in total. The standard InChI is InChI=1S/C10H10F3NO/c11-10(12,13)7-1-2-8-6(3-7)4-14-5-9(8)15/h1-3,9,14-15H,4-5H2/t9-/m0/s1. The van der Waals surface area contributed by atoms with Crippen LogP contribution in [-0.2, 0) is 12.7 Å². The van der Waals surface area contributed by atoms with E-state index in [1.165, 1.54) is 6.07 Å². The van der Waals surface area contributed by atoms with E-state index in [-0.39, 0.29) is 0 Å². The monoisotopic (exact) mass is 217 g/mol. The van der Waals surface area contributed by atoms with E-state index in [0.717, 1.165) is 12.1 Å². The fourth-order valence-corrected chi connectivity index (χ4v) is 1.71. The lowest BCUT2D eigenvalue weighted by atomic mass is 9.96. The Morgan fingerprint density at radius 3 is 2.73 bits per heavy atom. The zero-order chi connectivity index (χ0) is 11.1. The Kier molecular flexibility index (Phi) is 2.44. The second-order valence-electron chi connectivity index (χ2n) is 3.56. The third kappa shape index (κ3) is 1.98. The SMILES string of the molecule is O[C@H]1CNCc2cc(C(F)(F)F)ccc21. The number of fused-ring (bicyclic) bond motifs is 1. The molecular weight excluding hydrogens is 207 g/mol. The van der Waals surface area contributed by atoms with Crippen molar-refractivity contribution in [2.75, 3.05) is 6.54 Å². The van der Waals surface area contributed by atoms with E-state index in [9.17, 15) is 18.3 Å². The zero-order valence-electron chi connectivity index (χ0n) is 7.80. The summed E-state index contributed by atoms with van der Waals surface area (Å²) in [4.78, 5) is 0. The number of hydrogen-bond acceptors (Lipinski definition) is 2. The van der Waals surface area contributed by atoms with Crippen LogP contribution in [0, 0.1) is 0 Å². The van der Waals surface area contributed by atoms with Gasteiger partial charge in [0.2, 0.25) is 0 Å². The summed E-state index contributed by atoms with van der Waals surface area (Å²) in [5, 5.41) is 12.4. The molecule has 2 rings (SSSR count). The largest absolute Gasteiger partial charge is 0.416 e. The van der Waals surface area contributed by atoms with Gasteiger partial charge in [0, 0.05) is 13.1 Å². The van der Waals surface area contributed by atoms with Crippen molar-refractivity contribution in [2.45, 2.75) is 18.8 Å². The molecule has 1 atom stereocenters.